The topological polar surface area (TPSA) is 86.8 Å². The number of nitrogens with zero attached hydrogens (tertiary/aromatic N) is 2. The predicted molar refractivity (Wildman–Crippen MR) is 195 cm³/mol. The van der Waals surface area contributed by atoms with Gasteiger partial charge in [0, 0.05) is 38.8 Å². The molecule has 2 unspecified atom stereocenters. The Labute approximate surface area is 296 Å². The summed E-state index contributed by atoms with van der Waals surface area (Å²) < 4.78 is 60.0. The molecule has 0 radical (unpaired) electrons. The van der Waals surface area contributed by atoms with Crippen LogP contribution < -0.4 is 14.4 Å². The highest BCUT2D eigenvalue weighted by Crippen LogP contribution is 2.39. The minimum Gasteiger partial charge on any atom is -0.497 e. The lowest BCUT2D eigenvalue weighted by Gasteiger charge is -2.43. The molecule has 0 N–H and O–H groups in total. The standard InChI is InChI=1S/C40H48N2O7S/c1-30-10-17-36(18-11-30)50(43,44)42-26-40(49-28-32-12-19-39-38(24-32)41(21-23-48-39)20-7-22-45-2)37(33-13-15-35(46-3)16-14-33)25-34(42)29-47-27-31-8-5-4-6-9-31/h4-6,8-19,24,34,37,40H,7,20-23,25-29H2,1-3H3/t34-,37?,40?/m0/s1. The number of benzene rings is 4. The third-order valence-corrected chi connectivity index (χ3v) is 11.5. The predicted octanol–water partition coefficient (Wildman–Crippen LogP) is 6.59. The number of ether oxygens (including phenoxy) is 5. The first-order valence-electron chi connectivity index (χ1n) is 17.3. The maximum atomic E-state index is 14.4. The zero-order chi connectivity index (χ0) is 34.9. The quantitative estimate of drug-likeness (QED) is 0.129. The average Bonchev–Trinajstić information content (AvgIpc) is 3.15. The van der Waals surface area contributed by atoms with Gasteiger partial charge >= 0.3 is 0 Å². The van der Waals surface area contributed by atoms with Gasteiger partial charge < -0.3 is 28.6 Å². The maximum absolute atomic E-state index is 14.4. The molecule has 1 fully saturated rings. The van der Waals surface area contributed by atoms with Crippen LogP contribution in [0, 0.1) is 6.92 Å². The molecule has 4 aromatic carbocycles. The van der Waals surface area contributed by atoms with Crippen molar-refractivity contribution in [2.45, 2.75) is 55.9 Å². The van der Waals surface area contributed by atoms with Crippen molar-refractivity contribution in [3.63, 3.8) is 0 Å². The van der Waals surface area contributed by atoms with Crippen LogP contribution >= 0.6 is 0 Å². The van der Waals surface area contributed by atoms with Crippen LogP contribution in [0.5, 0.6) is 11.5 Å². The third kappa shape index (κ3) is 8.68. The molecule has 2 aliphatic heterocycles. The van der Waals surface area contributed by atoms with E-state index in [0.29, 0.717) is 32.8 Å². The summed E-state index contributed by atoms with van der Waals surface area (Å²) in [6, 6.07) is 30.8. The van der Waals surface area contributed by atoms with Crippen molar-refractivity contribution >= 4 is 15.7 Å². The molecule has 0 bridgehead atoms. The number of aryl methyl sites for hydroxylation is 1. The number of sulfonamides is 1. The molecular formula is C40H48N2O7S. The van der Waals surface area contributed by atoms with Crippen molar-refractivity contribution in [3.8, 4) is 11.5 Å². The van der Waals surface area contributed by atoms with E-state index < -0.39 is 22.2 Å². The van der Waals surface area contributed by atoms with Crippen LogP contribution in [0.1, 0.15) is 41.0 Å². The molecule has 2 aliphatic rings. The summed E-state index contributed by atoms with van der Waals surface area (Å²) >= 11 is 0. The normalized spacial score (nSPS) is 19.5. The van der Waals surface area contributed by atoms with Gasteiger partial charge in [-0.1, -0.05) is 66.2 Å². The summed E-state index contributed by atoms with van der Waals surface area (Å²) in [6.45, 7) is 6.13. The van der Waals surface area contributed by atoms with E-state index in [1.54, 1.807) is 30.7 Å². The summed E-state index contributed by atoms with van der Waals surface area (Å²) in [5.41, 5.74) is 5.15. The molecule has 3 atom stereocenters. The molecule has 2 heterocycles. The Morgan fingerprint density at radius 3 is 2.40 bits per heavy atom. The second-order valence-electron chi connectivity index (χ2n) is 13.0. The van der Waals surface area contributed by atoms with Gasteiger partial charge in [-0.05, 0) is 72.9 Å². The zero-order valence-corrected chi connectivity index (χ0v) is 30.0. The van der Waals surface area contributed by atoms with E-state index in [4.69, 9.17) is 23.7 Å². The number of hydrogen-bond acceptors (Lipinski definition) is 8. The van der Waals surface area contributed by atoms with Gasteiger partial charge in [0.15, 0.2) is 0 Å². The van der Waals surface area contributed by atoms with Crippen LogP contribution in [0.4, 0.5) is 5.69 Å². The zero-order valence-electron chi connectivity index (χ0n) is 29.2. The first kappa shape index (κ1) is 35.9. The van der Waals surface area contributed by atoms with Crippen molar-refractivity contribution in [1.29, 1.82) is 0 Å². The highest BCUT2D eigenvalue weighted by Gasteiger charge is 2.43. The van der Waals surface area contributed by atoms with Gasteiger partial charge in [-0.25, -0.2) is 8.42 Å². The third-order valence-electron chi connectivity index (χ3n) is 9.56. The molecule has 1 saturated heterocycles. The first-order valence-corrected chi connectivity index (χ1v) is 18.7. The Kier molecular flexibility index (Phi) is 12.1. The molecule has 4 aromatic rings. The number of fused-ring (bicyclic) bond motifs is 1. The Bertz CT molecular complexity index is 1770. The van der Waals surface area contributed by atoms with Crippen molar-refractivity contribution in [3.05, 3.63) is 119 Å². The van der Waals surface area contributed by atoms with Gasteiger partial charge in [0.2, 0.25) is 10.0 Å². The van der Waals surface area contributed by atoms with Gasteiger partial charge in [0.05, 0.1) is 50.2 Å². The SMILES string of the molecule is COCCCN1CCOc2ccc(COC3CN(S(=O)(=O)c4ccc(C)cc4)[C@H](COCc4ccccc4)CC3c3ccc(OC)cc3)cc21. The molecule has 50 heavy (non-hydrogen) atoms. The smallest absolute Gasteiger partial charge is 0.243 e. The lowest BCUT2D eigenvalue weighted by Crippen LogP contribution is -2.53. The first-order chi connectivity index (χ1) is 24.4. The molecule has 0 spiro atoms. The summed E-state index contributed by atoms with van der Waals surface area (Å²) in [5.74, 6) is 1.54. The number of piperidine rings is 1. The lowest BCUT2D eigenvalue weighted by atomic mass is 9.84. The minimum absolute atomic E-state index is 0.0813. The van der Waals surface area contributed by atoms with Crippen LogP contribution in [0.25, 0.3) is 0 Å². The largest absolute Gasteiger partial charge is 0.497 e. The molecular weight excluding hydrogens is 653 g/mol. The number of anilines is 1. The van der Waals surface area contributed by atoms with Crippen LogP contribution in [-0.2, 0) is 37.4 Å². The lowest BCUT2D eigenvalue weighted by molar-refractivity contribution is -0.0354. The fourth-order valence-electron chi connectivity index (χ4n) is 6.81. The van der Waals surface area contributed by atoms with E-state index in [-0.39, 0.29) is 24.0 Å². The number of hydrogen-bond donors (Lipinski definition) is 0. The van der Waals surface area contributed by atoms with E-state index >= 15 is 0 Å². The molecule has 266 valence electrons. The van der Waals surface area contributed by atoms with Crippen LogP contribution in [0.2, 0.25) is 0 Å². The van der Waals surface area contributed by atoms with Gasteiger partial charge in [0.1, 0.15) is 18.1 Å². The fourth-order valence-corrected chi connectivity index (χ4v) is 8.44. The molecule has 0 aliphatic carbocycles. The Balaban J connectivity index is 1.28. The minimum atomic E-state index is -3.87. The monoisotopic (exact) mass is 700 g/mol. The Morgan fingerprint density at radius 2 is 1.66 bits per heavy atom. The van der Waals surface area contributed by atoms with Crippen molar-refractivity contribution < 1.29 is 32.1 Å². The summed E-state index contributed by atoms with van der Waals surface area (Å²) in [5, 5.41) is 0. The van der Waals surface area contributed by atoms with Gasteiger partial charge in [-0.15, -0.1) is 0 Å². The molecule has 0 aromatic heterocycles. The van der Waals surface area contributed by atoms with E-state index in [0.717, 1.165) is 59.0 Å². The van der Waals surface area contributed by atoms with Gasteiger partial charge in [-0.3, -0.25) is 0 Å². The second-order valence-corrected chi connectivity index (χ2v) is 14.9. The van der Waals surface area contributed by atoms with Gasteiger partial charge in [-0.2, -0.15) is 4.31 Å². The van der Waals surface area contributed by atoms with E-state index in [1.165, 1.54) is 0 Å². The van der Waals surface area contributed by atoms with Crippen molar-refractivity contribution in [2.75, 3.05) is 58.6 Å². The van der Waals surface area contributed by atoms with Gasteiger partial charge in [0.25, 0.3) is 0 Å². The average molecular weight is 701 g/mol. The highest BCUT2D eigenvalue weighted by molar-refractivity contribution is 7.89. The molecule has 6 rings (SSSR count). The highest BCUT2D eigenvalue weighted by atomic mass is 32.2. The van der Waals surface area contributed by atoms with E-state index in [1.807, 2.05) is 73.7 Å². The molecule has 10 heteroatoms. The number of methoxy groups -OCH3 is 2. The number of rotatable bonds is 15. The summed E-state index contributed by atoms with van der Waals surface area (Å²) in [6.07, 6.45) is 1.03. The molecule has 0 saturated carbocycles. The second kappa shape index (κ2) is 16.9. The van der Waals surface area contributed by atoms with Crippen LogP contribution in [-0.4, -0.2) is 78.5 Å². The van der Waals surface area contributed by atoms with E-state index in [9.17, 15) is 8.42 Å². The Morgan fingerprint density at radius 1 is 0.880 bits per heavy atom. The van der Waals surface area contributed by atoms with Crippen LogP contribution in [0.15, 0.2) is 102 Å². The van der Waals surface area contributed by atoms with Crippen molar-refractivity contribution in [2.24, 2.45) is 0 Å². The maximum Gasteiger partial charge on any atom is 0.243 e. The van der Waals surface area contributed by atoms with E-state index in [2.05, 4.69) is 23.1 Å². The molecule has 0 amide bonds. The summed E-state index contributed by atoms with van der Waals surface area (Å²) in [4.78, 5) is 2.60. The molecule has 9 nitrogen and oxygen atoms in total. The Hall–Kier alpha value is -3.93. The fraction of sp³-hybridized carbons (Fsp3) is 0.400. The van der Waals surface area contributed by atoms with Crippen molar-refractivity contribution in [1.82, 2.24) is 4.31 Å². The summed E-state index contributed by atoms with van der Waals surface area (Å²) in [7, 11) is -0.493. The van der Waals surface area contributed by atoms with Crippen LogP contribution in [0.3, 0.4) is 0 Å².